The van der Waals surface area contributed by atoms with Crippen molar-refractivity contribution < 1.29 is 97.7 Å². The van der Waals surface area contributed by atoms with Gasteiger partial charge in [0.2, 0.25) is 25.3 Å². The maximum atomic E-state index is 13.3. The second-order valence-corrected chi connectivity index (χ2v) is 12.3. The lowest BCUT2D eigenvalue weighted by Crippen LogP contribution is -2.54. The van der Waals surface area contributed by atoms with Crippen molar-refractivity contribution in [2.75, 3.05) is 37.8 Å². The number of carbonyl (C=O) groups excluding carboxylic acids is 2. The normalized spacial score (nSPS) is 13.4. The Hall–Kier alpha value is -2.29. The van der Waals surface area contributed by atoms with Gasteiger partial charge in [0.1, 0.15) is 6.61 Å². The van der Waals surface area contributed by atoms with Gasteiger partial charge in [-0.3, -0.25) is 4.79 Å². The molecule has 0 spiro atoms. The first-order valence-corrected chi connectivity index (χ1v) is 15.2. The van der Waals surface area contributed by atoms with Gasteiger partial charge in [0.05, 0.1) is 18.1 Å². The summed E-state index contributed by atoms with van der Waals surface area (Å²) in [6, 6.07) is 0. The van der Waals surface area contributed by atoms with Crippen molar-refractivity contribution in [2.24, 2.45) is 0 Å². The number of nitrogens with one attached hydrogen (secondary N) is 2. The SMILES string of the molecule is C=CC(=O)Cl.C=CC(=O)OCCNS(=O)(=O)CCC(F)(C(F)(F)F)C(F)(F)F.O=S(=O)(CCC(F)(C(F)(F)F)C(F)(F)F)NCCO. The molecule has 0 unspecified atom stereocenters. The summed E-state index contributed by atoms with van der Waals surface area (Å²) in [5.74, 6) is -4.40. The summed E-state index contributed by atoms with van der Waals surface area (Å²) in [6.45, 7) is 3.64. The van der Waals surface area contributed by atoms with E-state index in [1.807, 2.05) is 0 Å². The molecule has 0 aromatic heterocycles. The van der Waals surface area contributed by atoms with Crippen LogP contribution >= 0.6 is 11.6 Å². The smallest absolute Gasteiger partial charge is 0.431 e. The molecule has 0 radical (unpaired) electrons. The van der Waals surface area contributed by atoms with Gasteiger partial charge in [0.15, 0.2) is 0 Å². The highest BCUT2D eigenvalue weighted by molar-refractivity contribution is 7.89. The number of alkyl halides is 14. The van der Waals surface area contributed by atoms with Gasteiger partial charge in [0, 0.05) is 32.0 Å². The van der Waals surface area contributed by atoms with Crippen LogP contribution < -0.4 is 9.44 Å². The molecule has 10 nitrogen and oxygen atoms in total. The van der Waals surface area contributed by atoms with E-state index in [-0.39, 0.29) is 0 Å². The molecule has 0 fully saturated rings. The maximum absolute atomic E-state index is 13.3. The average molecular weight is 787 g/mol. The lowest BCUT2D eigenvalue weighted by molar-refractivity contribution is -0.342. The summed E-state index contributed by atoms with van der Waals surface area (Å²) in [7, 11) is -9.19. The Bertz CT molecular complexity index is 1210. The zero-order valence-electron chi connectivity index (χ0n) is 23.0. The Morgan fingerprint density at radius 2 is 0.957 bits per heavy atom. The van der Waals surface area contributed by atoms with E-state index in [2.05, 4.69) is 17.9 Å². The molecule has 0 atom stereocenters. The van der Waals surface area contributed by atoms with Crippen molar-refractivity contribution in [3.63, 3.8) is 0 Å². The Kier molecular flexibility index (Phi) is 19.9. The van der Waals surface area contributed by atoms with Gasteiger partial charge >= 0.3 is 30.7 Å². The molecule has 0 aliphatic heterocycles. The fourth-order valence-corrected chi connectivity index (χ4v) is 4.38. The first-order valence-electron chi connectivity index (χ1n) is 11.5. The number of halogens is 15. The highest BCUT2D eigenvalue weighted by atomic mass is 35.5. The van der Waals surface area contributed by atoms with Gasteiger partial charge in [-0.25, -0.2) is 39.9 Å². The summed E-state index contributed by atoms with van der Waals surface area (Å²) in [4.78, 5) is 20.1. The van der Waals surface area contributed by atoms with Crippen LogP contribution in [-0.2, 0) is 34.4 Å². The van der Waals surface area contributed by atoms with E-state index in [9.17, 15) is 87.9 Å². The van der Waals surface area contributed by atoms with Crippen molar-refractivity contribution in [1.82, 2.24) is 9.44 Å². The number of rotatable bonds is 15. The fourth-order valence-electron chi connectivity index (χ4n) is 2.19. The highest BCUT2D eigenvalue weighted by Crippen LogP contribution is 2.49. The van der Waals surface area contributed by atoms with Gasteiger partial charge in [-0.05, 0) is 17.7 Å². The number of aliphatic hydroxyl groups is 1. The van der Waals surface area contributed by atoms with Crippen LogP contribution in [0.3, 0.4) is 0 Å². The van der Waals surface area contributed by atoms with Gasteiger partial charge in [-0.2, -0.15) is 52.7 Å². The Morgan fingerprint density at radius 1 is 0.660 bits per heavy atom. The average Bonchev–Trinajstić information content (AvgIpc) is 2.89. The van der Waals surface area contributed by atoms with E-state index in [1.54, 1.807) is 4.72 Å². The molecule has 0 aliphatic carbocycles. The third-order valence-corrected chi connectivity index (χ3v) is 7.58. The van der Waals surface area contributed by atoms with Crippen LogP contribution in [0.2, 0.25) is 0 Å². The third-order valence-electron chi connectivity index (χ3n) is 4.66. The van der Waals surface area contributed by atoms with E-state index in [1.165, 1.54) is 4.72 Å². The number of aliphatic hydroxyl groups excluding tert-OH is 1. The summed E-state index contributed by atoms with van der Waals surface area (Å²) >= 11 is 4.71. The van der Waals surface area contributed by atoms with Crippen LogP contribution in [0.25, 0.3) is 0 Å². The number of sulfonamides is 2. The van der Waals surface area contributed by atoms with E-state index in [0.717, 1.165) is 12.2 Å². The Balaban J connectivity index is -0.000000728. The Morgan fingerprint density at radius 3 is 1.19 bits per heavy atom. The second-order valence-electron chi connectivity index (χ2n) is 8.12. The molecule has 0 aromatic carbocycles. The van der Waals surface area contributed by atoms with Crippen LogP contribution in [0.5, 0.6) is 0 Å². The summed E-state index contributed by atoms with van der Waals surface area (Å²) in [6.07, 6.45) is -28.1. The zero-order valence-corrected chi connectivity index (χ0v) is 25.4. The molecule has 0 aliphatic rings. The molecule has 0 bridgehead atoms. The molecule has 0 heterocycles. The van der Waals surface area contributed by atoms with Gasteiger partial charge in [0.25, 0.3) is 11.3 Å². The number of hydrogen-bond donors (Lipinski definition) is 3. The van der Waals surface area contributed by atoms with Crippen molar-refractivity contribution in [1.29, 1.82) is 0 Å². The van der Waals surface area contributed by atoms with Crippen LogP contribution in [-0.4, -0.2) is 107 Å². The standard InChI is InChI=1S/C10H12F7NO4S.C7H10F7NO3S.C3H3ClO/c1-2-7(19)22-5-4-18-23(20,21)6-3-8(11,9(12,13)14)10(15,16)17;8-5(6(9,10)11,7(12,13)14)1-4-19(17,18)15-2-3-16;1-2-3(4)5/h2,18H,1,3-6H2;15-16H,1-4H2;2H,1H2. The molecule has 0 rings (SSSR count). The molecule has 0 saturated carbocycles. The van der Waals surface area contributed by atoms with E-state index in [0.29, 0.717) is 0 Å². The molecule has 280 valence electrons. The fraction of sp³-hybridized carbons (Fsp3) is 0.700. The van der Waals surface area contributed by atoms with Crippen molar-refractivity contribution in [2.45, 2.75) is 48.9 Å². The van der Waals surface area contributed by atoms with E-state index >= 15 is 0 Å². The minimum atomic E-state index is -6.32. The van der Waals surface area contributed by atoms with E-state index < -0.39 is 118 Å². The van der Waals surface area contributed by atoms with Gasteiger partial charge in [-0.15, -0.1) is 0 Å². The molecule has 0 aromatic rings. The van der Waals surface area contributed by atoms with Crippen molar-refractivity contribution in [3.05, 3.63) is 25.3 Å². The predicted molar refractivity (Wildman–Crippen MR) is 134 cm³/mol. The number of esters is 1. The van der Waals surface area contributed by atoms with Gasteiger partial charge in [-0.1, -0.05) is 13.2 Å². The number of hydrogen-bond acceptors (Lipinski definition) is 8. The molecule has 0 saturated heterocycles. The lowest BCUT2D eigenvalue weighted by atomic mass is 10.0. The molecular formula is C20H25ClF14N2O8S2. The number of carbonyl (C=O) groups is 2. The monoisotopic (exact) mass is 786 g/mol. The van der Waals surface area contributed by atoms with Crippen LogP contribution in [0, 0.1) is 0 Å². The van der Waals surface area contributed by atoms with E-state index in [4.69, 9.17) is 16.7 Å². The molecule has 3 N–H and O–H groups in total. The number of ether oxygens (including phenoxy) is 1. The second kappa shape index (κ2) is 19.0. The summed E-state index contributed by atoms with van der Waals surface area (Å²) in [5, 5.41) is 7.75. The zero-order chi connectivity index (χ0) is 38.3. The van der Waals surface area contributed by atoms with Crippen molar-refractivity contribution in [3.8, 4) is 0 Å². The largest absolute Gasteiger partial charge is 0.461 e. The quantitative estimate of drug-likeness (QED) is 0.0743. The molecular weight excluding hydrogens is 762 g/mol. The highest BCUT2D eigenvalue weighted by Gasteiger charge is 2.73. The minimum Gasteiger partial charge on any atom is -0.461 e. The van der Waals surface area contributed by atoms with Crippen LogP contribution in [0.1, 0.15) is 12.8 Å². The first kappa shape index (κ1) is 49.1. The third kappa shape index (κ3) is 18.2. The maximum Gasteiger partial charge on any atom is 0.431 e. The van der Waals surface area contributed by atoms with Gasteiger partial charge < -0.3 is 9.84 Å². The summed E-state index contributed by atoms with van der Waals surface area (Å²) < 4.78 is 224. The van der Waals surface area contributed by atoms with Crippen LogP contribution in [0.15, 0.2) is 25.3 Å². The molecule has 47 heavy (non-hydrogen) atoms. The topological polar surface area (TPSA) is 156 Å². The Labute approximate surface area is 262 Å². The number of allylic oxidation sites excluding steroid dienone is 1. The van der Waals surface area contributed by atoms with Crippen molar-refractivity contribution >= 4 is 42.9 Å². The minimum absolute atomic E-state index is 0.509. The molecule has 27 heteroatoms. The first-order chi connectivity index (χ1) is 20.7. The predicted octanol–water partition coefficient (Wildman–Crippen LogP) is 3.92. The molecule has 0 amide bonds. The van der Waals surface area contributed by atoms with Crippen LogP contribution in [0.4, 0.5) is 61.5 Å². The lowest BCUT2D eigenvalue weighted by Gasteiger charge is -2.29. The summed E-state index contributed by atoms with van der Waals surface area (Å²) in [5.41, 5.74) is -11.3.